The number of rotatable bonds is 6. The van der Waals surface area contributed by atoms with Crippen LogP contribution in [0.5, 0.6) is 0 Å². The quantitative estimate of drug-likeness (QED) is 0.497. The van der Waals surface area contributed by atoms with Crippen LogP contribution < -0.4 is 0 Å². The predicted octanol–water partition coefficient (Wildman–Crippen LogP) is 7.81. The molecule has 0 bridgehead atoms. The molecule has 0 unspecified atom stereocenters. The van der Waals surface area contributed by atoms with Gasteiger partial charge in [-0.05, 0) is 52.6 Å². The van der Waals surface area contributed by atoms with Gasteiger partial charge in [-0.1, -0.05) is 76.2 Å². The Morgan fingerprint density at radius 2 is 1.13 bits per heavy atom. The zero-order valence-electron chi connectivity index (χ0n) is 17.6. The third-order valence-corrected chi connectivity index (χ3v) is 7.19. The molecule has 0 radical (unpaired) electrons. The van der Waals surface area contributed by atoms with E-state index in [0.717, 1.165) is 0 Å². The van der Waals surface area contributed by atoms with Crippen molar-refractivity contribution in [3.05, 3.63) is 21.9 Å². The normalized spacial score (nSPS) is 14.6. The van der Waals surface area contributed by atoms with Gasteiger partial charge in [0, 0.05) is 9.75 Å². The highest BCUT2D eigenvalue weighted by Crippen LogP contribution is 2.46. The van der Waals surface area contributed by atoms with E-state index in [9.17, 15) is 0 Å². The Bertz CT molecular complexity index is 506. The first-order valence-corrected chi connectivity index (χ1v) is 9.99. The van der Waals surface area contributed by atoms with Gasteiger partial charge in [0.15, 0.2) is 0 Å². The Balaban J connectivity index is 3.03. The summed E-state index contributed by atoms with van der Waals surface area (Å²) in [6.07, 6.45) is 2.45. The lowest BCUT2D eigenvalue weighted by Gasteiger charge is -2.37. The Hall–Kier alpha value is -0.300. The van der Waals surface area contributed by atoms with Crippen molar-refractivity contribution in [2.24, 2.45) is 16.7 Å². The molecule has 0 saturated heterocycles. The second-order valence-electron chi connectivity index (χ2n) is 11.0. The topological polar surface area (TPSA) is 0 Å². The molecule has 134 valence electrons. The van der Waals surface area contributed by atoms with Crippen molar-refractivity contribution in [3.63, 3.8) is 0 Å². The molecule has 0 fully saturated rings. The highest BCUT2D eigenvalue weighted by Gasteiger charge is 2.35. The Morgan fingerprint density at radius 1 is 0.739 bits per heavy atom. The summed E-state index contributed by atoms with van der Waals surface area (Å²) in [5.74, 6) is 0.707. The molecular weight excluding hydrogens is 296 g/mol. The lowest BCUT2D eigenvalue weighted by molar-refractivity contribution is 0.182. The number of hydrogen-bond acceptors (Lipinski definition) is 1. The van der Waals surface area contributed by atoms with E-state index in [2.05, 4.69) is 88.3 Å². The highest BCUT2D eigenvalue weighted by atomic mass is 32.1. The molecule has 0 aliphatic rings. The van der Waals surface area contributed by atoms with E-state index < -0.39 is 0 Å². The van der Waals surface area contributed by atoms with Gasteiger partial charge in [0.05, 0.1) is 0 Å². The van der Waals surface area contributed by atoms with E-state index >= 15 is 0 Å². The monoisotopic (exact) mass is 336 g/mol. The fraction of sp³-hybridized carbons (Fsp3) is 0.818. The SMILES string of the molecule is CC(C)C(C)(C)CC(C)(C)c1ccc(C(C)(C)CC(C)(C)C)s1. The minimum absolute atomic E-state index is 0.245. The zero-order valence-corrected chi connectivity index (χ0v) is 18.4. The number of thiophene rings is 1. The van der Waals surface area contributed by atoms with Crippen LogP contribution in [0, 0.1) is 16.7 Å². The molecule has 0 saturated carbocycles. The Labute approximate surface area is 150 Å². The van der Waals surface area contributed by atoms with Gasteiger partial charge in [-0.2, -0.15) is 0 Å². The summed E-state index contributed by atoms with van der Waals surface area (Å²) in [5, 5.41) is 0. The number of hydrogen-bond donors (Lipinski definition) is 0. The van der Waals surface area contributed by atoms with Crippen molar-refractivity contribution in [1.29, 1.82) is 0 Å². The maximum atomic E-state index is 2.42. The standard InChI is InChI=1S/C22H40S/c1-16(2)20(6,7)15-22(10,11)18-13-12-17(23-18)21(8,9)14-19(3,4)5/h12-13,16H,14-15H2,1-11H3. The molecule has 0 spiro atoms. The smallest absolute Gasteiger partial charge is 0.0105 e. The van der Waals surface area contributed by atoms with Crippen molar-refractivity contribution in [2.75, 3.05) is 0 Å². The van der Waals surface area contributed by atoms with E-state index in [-0.39, 0.29) is 10.8 Å². The van der Waals surface area contributed by atoms with E-state index in [1.165, 1.54) is 17.7 Å². The fourth-order valence-electron chi connectivity index (χ4n) is 3.91. The van der Waals surface area contributed by atoms with E-state index in [4.69, 9.17) is 0 Å². The molecule has 0 nitrogen and oxygen atoms in total. The van der Waals surface area contributed by atoms with E-state index in [1.807, 2.05) is 11.3 Å². The maximum absolute atomic E-state index is 2.42. The third kappa shape index (κ3) is 5.62. The van der Waals surface area contributed by atoms with Crippen LogP contribution in [0.2, 0.25) is 0 Å². The average molecular weight is 337 g/mol. The van der Waals surface area contributed by atoms with Crippen LogP contribution >= 0.6 is 11.3 Å². The van der Waals surface area contributed by atoms with Crippen LogP contribution in [0.25, 0.3) is 0 Å². The lowest BCUT2D eigenvalue weighted by atomic mass is 9.69. The summed E-state index contributed by atoms with van der Waals surface area (Å²) in [5.41, 5.74) is 1.23. The molecular formula is C22H40S. The van der Waals surface area contributed by atoms with Crippen LogP contribution in [0.15, 0.2) is 12.1 Å². The molecule has 1 aromatic heterocycles. The van der Waals surface area contributed by atoms with Crippen LogP contribution in [0.4, 0.5) is 0 Å². The molecule has 1 heterocycles. The molecule has 0 atom stereocenters. The van der Waals surface area contributed by atoms with Gasteiger partial charge in [0.25, 0.3) is 0 Å². The summed E-state index contributed by atoms with van der Waals surface area (Å²) in [6, 6.07) is 4.77. The van der Waals surface area contributed by atoms with Gasteiger partial charge in [-0.3, -0.25) is 0 Å². The van der Waals surface area contributed by atoms with Crippen molar-refractivity contribution in [1.82, 2.24) is 0 Å². The Kier molecular flexibility index (Phi) is 5.90. The second-order valence-corrected chi connectivity index (χ2v) is 12.1. The van der Waals surface area contributed by atoms with Gasteiger partial charge < -0.3 is 0 Å². The van der Waals surface area contributed by atoms with Gasteiger partial charge in [-0.25, -0.2) is 0 Å². The molecule has 1 rings (SSSR count). The second kappa shape index (κ2) is 6.54. The first-order chi connectivity index (χ1) is 10.1. The minimum atomic E-state index is 0.245. The minimum Gasteiger partial charge on any atom is -0.144 e. The molecule has 0 aliphatic carbocycles. The third-order valence-electron chi connectivity index (χ3n) is 5.37. The van der Waals surface area contributed by atoms with Crippen molar-refractivity contribution >= 4 is 11.3 Å². The largest absolute Gasteiger partial charge is 0.144 e. The molecule has 0 aliphatic heterocycles. The highest BCUT2D eigenvalue weighted by molar-refractivity contribution is 7.12. The van der Waals surface area contributed by atoms with Gasteiger partial charge in [0.1, 0.15) is 0 Å². The summed E-state index contributed by atoms with van der Waals surface area (Å²) in [7, 11) is 0. The lowest BCUT2D eigenvalue weighted by Crippen LogP contribution is -2.29. The molecule has 1 aromatic rings. The molecule has 0 aromatic carbocycles. The molecule has 0 amide bonds. The molecule has 0 N–H and O–H groups in total. The average Bonchev–Trinajstić information content (AvgIpc) is 2.73. The van der Waals surface area contributed by atoms with Gasteiger partial charge >= 0.3 is 0 Å². The van der Waals surface area contributed by atoms with Crippen LogP contribution in [-0.2, 0) is 10.8 Å². The maximum Gasteiger partial charge on any atom is 0.0105 e. The first-order valence-electron chi connectivity index (χ1n) is 9.18. The summed E-state index contributed by atoms with van der Waals surface area (Å²) < 4.78 is 0. The summed E-state index contributed by atoms with van der Waals surface area (Å²) >= 11 is 2.04. The van der Waals surface area contributed by atoms with Crippen molar-refractivity contribution < 1.29 is 0 Å². The van der Waals surface area contributed by atoms with Gasteiger partial charge in [0.2, 0.25) is 0 Å². The zero-order chi connectivity index (χ0) is 18.3. The van der Waals surface area contributed by atoms with Crippen LogP contribution in [0.3, 0.4) is 0 Å². The molecule has 1 heteroatoms. The van der Waals surface area contributed by atoms with Crippen LogP contribution in [-0.4, -0.2) is 0 Å². The summed E-state index contributed by atoms with van der Waals surface area (Å²) in [6.45, 7) is 26.2. The Morgan fingerprint density at radius 3 is 1.48 bits per heavy atom. The summed E-state index contributed by atoms with van der Waals surface area (Å²) in [4.78, 5) is 3.08. The fourth-order valence-corrected chi connectivity index (χ4v) is 5.11. The van der Waals surface area contributed by atoms with Crippen LogP contribution in [0.1, 0.15) is 98.8 Å². The first kappa shape index (κ1) is 20.7. The predicted molar refractivity (Wildman–Crippen MR) is 108 cm³/mol. The van der Waals surface area contributed by atoms with Crippen molar-refractivity contribution in [2.45, 2.75) is 99.8 Å². The van der Waals surface area contributed by atoms with E-state index in [0.29, 0.717) is 16.7 Å². The van der Waals surface area contributed by atoms with Gasteiger partial charge in [-0.15, -0.1) is 11.3 Å². The molecule has 23 heavy (non-hydrogen) atoms. The van der Waals surface area contributed by atoms with E-state index in [1.54, 1.807) is 4.88 Å². The van der Waals surface area contributed by atoms with Crippen molar-refractivity contribution in [3.8, 4) is 0 Å².